The molecule has 3 aromatic rings. The van der Waals surface area contributed by atoms with Crippen LogP contribution in [0.3, 0.4) is 0 Å². The minimum Gasteiger partial charge on any atom is -0.438 e. The summed E-state index contributed by atoms with van der Waals surface area (Å²) in [6.45, 7) is 2.09. The highest BCUT2D eigenvalue weighted by Gasteiger charge is 2.33. The van der Waals surface area contributed by atoms with E-state index in [9.17, 15) is 12.8 Å². The summed E-state index contributed by atoms with van der Waals surface area (Å²) in [4.78, 5) is 11.6. The number of nitrogens with zero attached hydrogens (tertiary/aromatic N) is 4. The fourth-order valence-corrected chi connectivity index (χ4v) is 5.80. The van der Waals surface area contributed by atoms with Crippen LogP contribution in [0.4, 0.5) is 10.3 Å². The van der Waals surface area contributed by atoms with Crippen molar-refractivity contribution in [3.8, 4) is 11.6 Å². The summed E-state index contributed by atoms with van der Waals surface area (Å²) in [7, 11) is -3.77. The van der Waals surface area contributed by atoms with Gasteiger partial charge in [-0.3, -0.25) is 0 Å². The van der Waals surface area contributed by atoms with Gasteiger partial charge in [-0.1, -0.05) is 17.7 Å². The molecule has 3 heterocycles. The van der Waals surface area contributed by atoms with Crippen LogP contribution in [0.2, 0.25) is 5.02 Å². The highest BCUT2D eigenvalue weighted by Crippen LogP contribution is 2.34. The number of hydrogen-bond donors (Lipinski definition) is 0. The van der Waals surface area contributed by atoms with Crippen LogP contribution in [0.25, 0.3) is 0 Å². The molecule has 2 aromatic carbocycles. The number of fused-ring (bicyclic) bond motifs is 1. The lowest BCUT2D eigenvalue weighted by molar-refractivity contribution is 0.369. The van der Waals surface area contributed by atoms with Gasteiger partial charge in [0.25, 0.3) is 0 Å². The molecule has 0 aliphatic carbocycles. The van der Waals surface area contributed by atoms with Gasteiger partial charge in [-0.25, -0.2) is 17.8 Å². The number of halogens is 2. The van der Waals surface area contributed by atoms with Crippen molar-refractivity contribution in [2.75, 3.05) is 24.5 Å². The molecule has 5 rings (SSSR count). The summed E-state index contributed by atoms with van der Waals surface area (Å²) in [5.41, 5.74) is 1.38. The Balaban J connectivity index is 1.52. The Bertz CT molecular complexity index is 1280. The first-order chi connectivity index (χ1) is 15.9. The molecule has 0 amide bonds. The van der Waals surface area contributed by atoms with Gasteiger partial charge in [-0.15, -0.1) is 0 Å². The molecule has 0 saturated carbocycles. The Morgan fingerprint density at radius 3 is 2.48 bits per heavy atom. The molecule has 1 saturated heterocycles. The van der Waals surface area contributed by atoms with Crippen molar-refractivity contribution in [1.82, 2.24) is 14.3 Å². The molecule has 10 heteroatoms. The molecule has 0 spiro atoms. The molecule has 7 nitrogen and oxygen atoms in total. The van der Waals surface area contributed by atoms with Crippen LogP contribution in [-0.4, -0.2) is 42.3 Å². The summed E-state index contributed by atoms with van der Waals surface area (Å²) in [5, 5.41) is 0.354. The van der Waals surface area contributed by atoms with Crippen LogP contribution in [0.5, 0.6) is 11.6 Å². The SMILES string of the molecule is O=S(=O)(c1cccc(Cl)c1)N1CCc2nc(N3CCCC3)nc(Oc3ccc(F)cc3)c2C1. The second kappa shape index (κ2) is 8.89. The summed E-state index contributed by atoms with van der Waals surface area (Å²) >= 11 is 6.02. The molecule has 1 aromatic heterocycles. The Labute approximate surface area is 196 Å². The van der Waals surface area contributed by atoms with E-state index in [2.05, 4.69) is 9.88 Å². The van der Waals surface area contributed by atoms with E-state index in [-0.39, 0.29) is 23.8 Å². The second-order valence-corrected chi connectivity index (χ2v) is 10.4. The zero-order valence-electron chi connectivity index (χ0n) is 17.7. The molecular formula is C23H22ClFN4O3S. The van der Waals surface area contributed by atoms with E-state index in [1.54, 1.807) is 12.1 Å². The van der Waals surface area contributed by atoms with Crippen LogP contribution < -0.4 is 9.64 Å². The minimum atomic E-state index is -3.77. The van der Waals surface area contributed by atoms with Crippen LogP contribution in [0.1, 0.15) is 24.1 Å². The lowest BCUT2D eigenvalue weighted by Gasteiger charge is -2.29. The third-order valence-corrected chi connectivity index (χ3v) is 7.90. The highest BCUT2D eigenvalue weighted by atomic mass is 35.5. The number of hydrogen-bond acceptors (Lipinski definition) is 6. The molecule has 33 heavy (non-hydrogen) atoms. The second-order valence-electron chi connectivity index (χ2n) is 8.05. The normalized spacial score (nSPS) is 16.6. The predicted octanol–water partition coefficient (Wildman–Crippen LogP) is 4.41. The van der Waals surface area contributed by atoms with E-state index in [1.807, 2.05) is 0 Å². The van der Waals surface area contributed by atoms with Gasteiger partial charge in [-0.05, 0) is 55.3 Å². The molecule has 2 aliphatic heterocycles. The van der Waals surface area contributed by atoms with Crippen molar-refractivity contribution >= 4 is 27.6 Å². The van der Waals surface area contributed by atoms with Gasteiger partial charge < -0.3 is 9.64 Å². The Morgan fingerprint density at radius 1 is 1.00 bits per heavy atom. The summed E-state index contributed by atoms with van der Waals surface area (Å²) in [6, 6.07) is 11.9. The van der Waals surface area contributed by atoms with Crippen LogP contribution in [0.15, 0.2) is 53.4 Å². The van der Waals surface area contributed by atoms with Crippen molar-refractivity contribution < 1.29 is 17.5 Å². The van der Waals surface area contributed by atoms with Gasteiger partial charge in [0.1, 0.15) is 11.6 Å². The third kappa shape index (κ3) is 4.53. The quantitative estimate of drug-likeness (QED) is 0.529. The number of aromatic nitrogens is 2. The fourth-order valence-electron chi connectivity index (χ4n) is 4.09. The number of sulfonamides is 1. The zero-order chi connectivity index (χ0) is 23.0. The molecular weight excluding hydrogens is 467 g/mol. The standard InChI is InChI=1S/C23H22ClFN4O3S/c24-16-4-3-5-19(14-16)33(30,31)29-13-10-21-20(15-29)22(32-18-8-6-17(25)7-9-18)27-23(26-21)28-11-1-2-12-28/h3-9,14H,1-2,10-13,15H2. The first-order valence-electron chi connectivity index (χ1n) is 10.7. The van der Waals surface area contributed by atoms with E-state index < -0.39 is 10.0 Å². The number of rotatable bonds is 5. The molecule has 172 valence electrons. The summed E-state index contributed by atoms with van der Waals surface area (Å²) in [6.07, 6.45) is 2.57. The number of ether oxygens (including phenoxy) is 1. The lowest BCUT2D eigenvalue weighted by Crippen LogP contribution is -2.37. The van der Waals surface area contributed by atoms with E-state index in [1.165, 1.54) is 40.7 Å². The van der Waals surface area contributed by atoms with Gasteiger partial charge >= 0.3 is 0 Å². The molecule has 0 atom stereocenters. The first-order valence-corrected chi connectivity index (χ1v) is 12.6. The van der Waals surface area contributed by atoms with Crippen molar-refractivity contribution in [2.24, 2.45) is 0 Å². The smallest absolute Gasteiger partial charge is 0.243 e. The Morgan fingerprint density at radius 2 is 1.76 bits per heavy atom. The minimum absolute atomic E-state index is 0.0704. The average Bonchev–Trinajstić information content (AvgIpc) is 3.35. The number of anilines is 1. The van der Waals surface area contributed by atoms with E-state index in [0.717, 1.165) is 31.6 Å². The van der Waals surface area contributed by atoms with E-state index >= 15 is 0 Å². The van der Waals surface area contributed by atoms with Crippen molar-refractivity contribution in [2.45, 2.75) is 30.7 Å². The van der Waals surface area contributed by atoms with E-state index in [4.69, 9.17) is 21.3 Å². The fraction of sp³-hybridized carbons (Fsp3) is 0.304. The van der Waals surface area contributed by atoms with Crippen molar-refractivity contribution in [1.29, 1.82) is 0 Å². The average molecular weight is 489 g/mol. The highest BCUT2D eigenvalue weighted by molar-refractivity contribution is 7.89. The van der Waals surface area contributed by atoms with Gasteiger partial charge in [0, 0.05) is 37.6 Å². The maximum atomic E-state index is 13.4. The summed E-state index contributed by atoms with van der Waals surface area (Å²) in [5.74, 6) is 0.914. The van der Waals surface area contributed by atoms with Crippen LogP contribution >= 0.6 is 11.6 Å². The zero-order valence-corrected chi connectivity index (χ0v) is 19.3. The molecule has 2 aliphatic rings. The lowest BCUT2D eigenvalue weighted by atomic mass is 10.1. The molecule has 0 unspecified atom stereocenters. The first kappa shape index (κ1) is 22.1. The maximum Gasteiger partial charge on any atom is 0.243 e. The predicted molar refractivity (Wildman–Crippen MR) is 123 cm³/mol. The molecule has 1 fully saturated rings. The summed E-state index contributed by atoms with van der Waals surface area (Å²) < 4.78 is 47.3. The third-order valence-electron chi connectivity index (χ3n) is 5.83. The largest absolute Gasteiger partial charge is 0.438 e. The van der Waals surface area contributed by atoms with Crippen LogP contribution in [0, 0.1) is 5.82 Å². The molecule has 0 N–H and O–H groups in total. The molecule has 0 radical (unpaired) electrons. The van der Waals surface area contributed by atoms with Gasteiger partial charge in [0.2, 0.25) is 21.9 Å². The van der Waals surface area contributed by atoms with Crippen molar-refractivity contribution in [3.63, 3.8) is 0 Å². The number of benzene rings is 2. The Hall–Kier alpha value is -2.75. The van der Waals surface area contributed by atoms with Crippen molar-refractivity contribution in [3.05, 3.63) is 70.6 Å². The monoisotopic (exact) mass is 488 g/mol. The van der Waals surface area contributed by atoms with Gasteiger partial charge in [0.05, 0.1) is 16.2 Å². The van der Waals surface area contributed by atoms with Crippen LogP contribution in [-0.2, 0) is 23.0 Å². The van der Waals surface area contributed by atoms with Gasteiger partial charge in [0.15, 0.2) is 0 Å². The van der Waals surface area contributed by atoms with E-state index in [0.29, 0.717) is 34.6 Å². The topological polar surface area (TPSA) is 75.6 Å². The maximum absolute atomic E-state index is 13.4. The molecule has 0 bridgehead atoms. The Kier molecular flexibility index (Phi) is 5.94. The van der Waals surface area contributed by atoms with Gasteiger partial charge in [-0.2, -0.15) is 9.29 Å².